The number of hydrogen-bond acceptors (Lipinski definition) is 2. The van der Waals surface area contributed by atoms with Crippen molar-refractivity contribution >= 4 is 10.8 Å². The number of nitrogens with zero attached hydrogens (tertiary/aromatic N) is 1. The van der Waals surface area contributed by atoms with Crippen LogP contribution in [0.2, 0.25) is 0 Å². The van der Waals surface area contributed by atoms with E-state index in [2.05, 4.69) is 75.4 Å². The van der Waals surface area contributed by atoms with Gasteiger partial charge in [0.15, 0.2) is 0 Å². The van der Waals surface area contributed by atoms with Gasteiger partial charge in [-0.3, -0.25) is 4.98 Å². The van der Waals surface area contributed by atoms with Crippen molar-refractivity contribution in [1.82, 2.24) is 4.98 Å². The van der Waals surface area contributed by atoms with Gasteiger partial charge in [-0.05, 0) is 22.4 Å². The lowest BCUT2D eigenvalue weighted by atomic mass is 9.86. The number of benzene rings is 2. The third kappa shape index (κ3) is 2.75. The number of hydrogen-bond donors (Lipinski definition) is 1. The van der Waals surface area contributed by atoms with E-state index in [4.69, 9.17) is 10.7 Å². The molecule has 1 heterocycles. The van der Waals surface area contributed by atoms with Crippen LogP contribution in [0.4, 0.5) is 0 Å². The van der Waals surface area contributed by atoms with Gasteiger partial charge in [0, 0.05) is 17.5 Å². The fourth-order valence-electron chi connectivity index (χ4n) is 2.71. The lowest BCUT2D eigenvalue weighted by molar-refractivity contribution is 0.590. The first-order valence-corrected chi connectivity index (χ1v) is 7.69. The fraction of sp³-hybridized carbons (Fsp3) is 0.250. The summed E-state index contributed by atoms with van der Waals surface area (Å²) in [6.45, 7) is 7.14. The smallest absolute Gasteiger partial charge is 0.0784 e. The van der Waals surface area contributed by atoms with Crippen molar-refractivity contribution in [3.05, 3.63) is 65.9 Å². The lowest BCUT2D eigenvalue weighted by Crippen LogP contribution is -2.10. The first-order chi connectivity index (χ1) is 10.5. The molecule has 0 bridgehead atoms. The van der Waals surface area contributed by atoms with Crippen molar-refractivity contribution in [2.45, 2.75) is 32.7 Å². The summed E-state index contributed by atoms with van der Waals surface area (Å²) in [6.07, 6.45) is 0. The van der Waals surface area contributed by atoms with Gasteiger partial charge in [-0.2, -0.15) is 0 Å². The summed E-state index contributed by atoms with van der Waals surface area (Å²) in [7, 11) is 0. The molecule has 3 rings (SSSR count). The molecule has 0 aliphatic carbocycles. The van der Waals surface area contributed by atoms with Crippen LogP contribution in [0.5, 0.6) is 0 Å². The van der Waals surface area contributed by atoms with Crippen LogP contribution in [0.3, 0.4) is 0 Å². The Labute approximate surface area is 132 Å². The molecular formula is C20H22N2. The molecule has 0 radical (unpaired) electrons. The van der Waals surface area contributed by atoms with Crippen molar-refractivity contribution in [3.63, 3.8) is 0 Å². The van der Waals surface area contributed by atoms with Crippen molar-refractivity contribution in [2.75, 3.05) is 0 Å². The van der Waals surface area contributed by atoms with Crippen LogP contribution in [0, 0.1) is 0 Å². The Kier molecular flexibility index (Phi) is 3.71. The molecule has 0 fully saturated rings. The van der Waals surface area contributed by atoms with Crippen molar-refractivity contribution in [1.29, 1.82) is 0 Å². The molecule has 1 aromatic heterocycles. The topological polar surface area (TPSA) is 38.9 Å². The summed E-state index contributed by atoms with van der Waals surface area (Å²) < 4.78 is 0. The minimum absolute atomic E-state index is 0.160. The van der Waals surface area contributed by atoms with Gasteiger partial charge < -0.3 is 5.73 Å². The molecule has 2 nitrogen and oxygen atoms in total. The Morgan fingerprint density at radius 3 is 2.27 bits per heavy atom. The van der Waals surface area contributed by atoms with Gasteiger partial charge in [-0.25, -0.2) is 0 Å². The Morgan fingerprint density at radius 1 is 0.955 bits per heavy atom. The van der Waals surface area contributed by atoms with E-state index in [9.17, 15) is 0 Å². The van der Waals surface area contributed by atoms with Crippen LogP contribution < -0.4 is 5.73 Å². The van der Waals surface area contributed by atoms with E-state index in [1.54, 1.807) is 0 Å². The van der Waals surface area contributed by atoms with Crippen LogP contribution in [-0.4, -0.2) is 4.98 Å². The Hall–Kier alpha value is -2.19. The zero-order valence-corrected chi connectivity index (χ0v) is 13.4. The number of fused-ring (bicyclic) bond motifs is 1. The summed E-state index contributed by atoms with van der Waals surface area (Å²) in [5, 5.41) is 2.36. The average molecular weight is 290 g/mol. The predicted molar refractivity (Wildman–Crippen MR) is 93.8 cm³/mol. The van der Waals surface area contributed by atoms with Gasteiger partial charge in [0.05, 0.1) is 11.4 Å². The monoisotopic (exact) mass is 290 g/mol. The maximum absolute atomic E-state index is 5.81. The summed E-state index contributed by atoms with van der Waals surface area (Å²) >= 11 is 0. The highest BCUT2D eigenvalue weighted by Crippen LogP contribution is 2.30. The highest BCUT2D eigenvalue weighted by Gasteiger charge is 2.14. The van der Waals surface area contributed by atoms with Gasteiger partial charge in [0.2, 0.25) is 0 Å². The SMILES string of the molecule is CC(C)(C)c1ccc(-c2nc(CN)cc3ccccc23)cc1. The van der Waals surface area contributed by atoms with Crippen LogP contribution in [0.1, 0.15) is 32.0 Å². The molecular weight excluding hydrogens is 268 g/mol. The van der Waals surface area contributed by atoms with Crippen LogP contribution in [-0.2, 0) is 12.0 Å². The van der Waals surface area contributed by atoms with E-state index in [0.29, 0.717) is 6.54 Å². The zero-order valence-electron chi connectivity index (χ0n) is 13.4. The van der Waals surface area contributed by atoms with Gasteiger partial charge in [-0.1, -0.05) is 69.3 Å². The minimum Gasteiger partial charge on any atom is -0.325 e. The minimum atomic E-state index is 0.160. The summed E-state index contributed by atoms with van der Waals surface area (Å²) in [4.78, 5) is 4.76. The van der Waals surface area contributed by atoms with Crippen molar-refractivity contribution < 1.29 is 0 Å². The number of rotatable bonds is 2. The maximum atomic E-state index is 5.81. The molecule has 112 valence electrons. The van der Waals surface area contributed by atoms with E-state index in [1.807, 2.05) is 0 Å². The Morgan fingerprint density at radius 2 is 1.64 bits per heavy atom. The zero-order chi connectivity index (χ0) is 15.7. The average Bonchev–Trinajstić information content (AvgIpc) is 2.53. The fourth-order valence-corrected chi connectivity index (χ4v) is 2.71. The number of pyridine rings is 1. The molecule has 0 atom stereocenters. The first-order valence-electron chi connectivity index (χ1n) is 7.69. The van der Waals surface area contributed by atoms with Crippen LogP contribution >= 0.6 is 0 Å². The molecule has 2 heteroatoms. The first kappa shape index (κ1) is 14.7. The Balaban J connectivity index is 2.17. The van der Waals surface area contributed by atoms with E-state index >= 15 is 0 Å². The second kappa shape index (κ2) is 5.54. The highest BCUT2D eigenvalue weighted by molar-refractivity contribution is 5.94. The van der Waals surface area contributed by atoms with Gasteiger partial charge in [0.25, 0.3) is 0 Å². The van der Waals surface area contributed by atoms with Crippen LogP contribution in [0.15, 0.2) is 54.6 Å². The standard InChI is InChI=1S/C20H22N2/c1-20(2,3)16-10-8-14(9-11-16)19-18-7-5-4-6-15(18)12-17(13-21)22-19/h4-12H,13,21H2,1-3H3. The molecule has 0 saturated heterocycles. The lowest BCUT2D eigenvalue weighted by Gasteiger charge is -2.19. The summed E-state index contributed by atoms with van der Waals surface area (Å²) in [6, 6.07) is 19.1. The molecule has 0 saturated carbocycles. The molecule has 0 spiro atoms. The molecule has 2 N–H and O–H groups in total. The summed E-state index contributed by atoms with van der Waals surface area (Å²) in [5.41, 5.74) is 10.4. The number of nitrogens with two attached hydrogens (primary N) is 1. The van der Waals surface area contributed by atoms with E-state index in [0.717, 1.165) is 17.0 Å². The quantitative estimate of drug-likeness (QED) is 0.745. The molecule has 0 unspecified atom stereocenters. The second-order valence-corrected chi connectivity index (χ2v) is 6.71. The van der Waals surface area contributed by atoms with Crippen molar-refractivity contribution in [3.8, 4) is 11.3 Å². The predicted octanol–water partition coefficient (Wildman–Crippen LogP) is 4.66. The maximum Gasteiger partial charge on any atom is 0.0784 e. The molecule has 22 heavy (non-hydrogen) atoms. The van der Waals surface area contributed by atoms with Gasteiger partial charge in [-0.15, -0.1) is 0 Å². The highest BCUT2D eigenvalue weighted by atomic mass is 14.7. The second-order valence-electron chi connectivity index (χ2n) is 6.71. The van der Waals surface area contributed by atoms with Crippen LogP contribution in [0.25, 0.3) is 22.0 Å². The normalized spacial score (nSPS) is 11.8. The number of aromatic nitrogens is 1. The summed E-state index contributed by atoms with van der Waals surface area (Å²) in [5.74, 6) is 0. The third-order valence-corrected chi connectivity index (χ3v) is 4.03. The molecule has 3 aromatic rings. The van der Waals surface area contributed by atoms with E-state index in [1.165, 1.54) is 16.3 Å². The largest absolute Gasteiger partial charge is 0.325 e. The molecule has 0 amide bonds. The van der Waals surface area contributed by atoms with E-state index in [-0.39, 0.29) is 5.41 Å². The molecule has 2 aromatic carbocycles. The molecule has 0 aliphatic heterocycles. The van der Waals surface area contributed by atoms with Gasteiger partial charge in [0.1, 0.15) is 0 Å². The van der Waals surface area contributed by atoms with Crippen molar-refractivity contribution in [2.24, 2.45) is 5.73 Å². The van der Waals surface area contributed by atoms with E-state index < -0.39 is 0 Å². The molecule has 0 aliphatic rings. The van der Waals surface area contributed by atoms with Gasteiger partial charge >= 0.3 is 0 Å². The Bertz CT molecular complexity index is 796. The third-order valence-electron chi connectivity index (χ3n) is 4.03.